The number of amides is 2. The van der Waals surface area contributed by atoms with Crippen LogP contribution in [0.4, 0.5) is 9.93 Å². The molecule has 8 nitrogen and oxygen atoms in total. The summed E-state index contributed by atoms with van der Waals surface area (Å²) in [5.74, 6) is -1.71. The number of ether oxygens (including phenoxy) is 1. The molecule has 0 saturated carbocycles. The lowest BCUT2D eigenvalue weighted by atomic mass is 9.98. The van der Waals surface area contributed by atoms with Gasteiger partial charge in [0.25, 0.3) is 5.91 Å². The van der Waals surface area contributed by atoms with Gasteiger partial charge in [0.05, 0.1) is 5.69 Å². The third-order valence-corrected chi connectivity index (χ3v) is 6.64. The SMILES string of the molecule is CC[C@@H](NC(=O)c1sc(NC(=O)OCC2c3ccccc3-c3ccccc32)nc1C)C(=O)O. The summed E-state index contributed by atoms with van der Waals surface area (Å²) >= 11 is 0.967. The van der Waals surface area contributed by atoms with Gasteiger partial charge in [0.15, 0.2) is 5.13 Å². The monoisotopic (exact) mass is 465 g/mol. The first-order valence-electron chi connectivity index (χ1n) is 10.5. The van der Waals surface area contributed by atoms with Crippen molar-refractivity contribution in [1.29, 1.82) is 0 Å². The molecule has 33 heavy (non-hydrogen) atoms. The van der Waals surface area contributed by atoms with Crippen LogP contribution in [0.25, 0.3) is 11.1 Å². The number of aryl methyl sites for hydroxylation is 1. The van der Waals surface area contributed by atoms with E-state index in [0.717, 1.165) is 33.6 Å². The maximum atomic E-state index is 12.5. The fourth-order valence-electron chi connectivity index (χ4n) is 3.94. The van der Waals surface area contributed by atoms with Crippen LogP contribution in [0.3, 0.4) is 0 Å². The Labute approximate surface area is 194 Å². The molecule has 0 spiro atoms. The van der Waals surface area contributed by atoms with Crippen LogP contribution in [0.2, 0.25) is 0 Å². The summed E-state index contributed by atoms with van der Waals surface area (Å²) in [6, 6.07) is 15.1. The number of aromatic nitrogens is 1. The van der Waals surface area contributed by atoms with Crippen molar-refractivity contribution in [3.63, 3.8) is 0 Å². The summed E-state index contributed by atoms with van der Waals surface area (Å²) < 4.78 is 5.50. The molecule has 3 N–H and O–H groups in total. The van der Waals surface area contributed by atoms with Gasteiger partial charge in [-0.2, -0.15) is 0 Å². The molecular weight excluding hydrogens is 442 g/mol. The number of nitrogens with zero attached hydrogens (tertiary/aromatic N) is 1. The molecule has 0 aliphatic heterocycles. The van der Waals surface area contributed by atoms with Crippen molar-refractivity contribution in [1.82, 2.24) is 10.3 Å². The second kappa shape index (κ2) is 9.41. The number of hydrogen-bond donors (Lipinski definition) is 3. The van der Waals surface area contributed by atoms with Gasteiger partial charge in [-0.3, -0.25) is 10.1 Å². The minimum atomic E-state index is -1.11. The fraction of sp³-hybridized carbons (Fsp3) is 0.250. The summed E-state index contributed by atoms with van der Waals surface area (Å²) in [6.07, 6.45) is -0.418. The highest BCUT2D eigenvalue weighted by molar-refractivity contribution is 7.17. The number of anilines is 1. The van der Waals surface area contributed by atoms with E-state index in [1.54, 1.807) is 13.8 Å². The van der Waals surface area contributed by atoms with Crippen molar-refractivity contribution in [3.05, 3.63) is 70.2 Å². The molecule has 1 aliphatic carbocycles. The average molecular weight is 466 g/mol. The Kier molecular flexibility index (Phi) is 6.41. The second-order valence-corrected chi connectivity index (χ2v) is 8.66. The highest BCUT2D eigenvalue weighted by Crippen LogP contribution is 2.44. The molecule has 1 heterocycles. The highest BCUT2D eigenvalue weighted by Gasteiger charge is 2.29. The van der Waals surface area contributed by atoms with Gasteiger partial charge in [-0.15, -0.1) is 0 Å². The van der Waals surface area contributed by atoms with E-state index < -0.39 is 24.0 Å². The van der Waals surface area contributed by atoms with Crippen molar-refractivity contribution in [2.75, 3.05) is 11.9 Å². The van der Waals surface area contributed by atoms with Crippen molar-refractivity contribution >= 4 is 34.4 Å². The summed E-state index contributed by atoms with van der Waals surface area (Å²) in [5, 5.41) is 14.4. The lowest BCUT2D eigenvalue weighted by molar-refractivity contribution is -0.139. The largest absolute Gasteiger partial charge is 0.480 e. The molecule has 2 aromatic carbocycles. The summed E-state index contributed by atoms with van der Waals surface area (Å²) in [5.41, 5.74) is 4.89. The van der Waals surface area contributed by atoms with Gasteiger partial charge in [0, 0.05) is 5.92 Å². The summed E-state index contributed by atoms with van der Waals surface area (Å²) in [7, 11) is 0. The maximum Gasteiger partial charge on any atom is 0.413 e. The molecule has 1 atom stereocenters. The molecule has 0 unspecified atom stereocenters. The molecule has 0 fully saturated rings. The Morgan fingerprint density at radius 3 is 2.27 bits per heavy atom. The predicted molar refractivity (Wildman–Crippen MR) is 125 cm³/mol. The molecule has 0 saturated heterocycles. The van der Waals surface area contributed by atoms with Crippen LogP contribution in [0.5, 0.6) is 0 Å². The standard InChI is InChI=1S/C24H23N3O5S/c1-3-19(22(29)30)26-21(28)20-13(2)25-23(33-20)27-24(31)32-12-18-16-10-6-4-8-14(16)15-9-5-7-11-17(15)18/h4-11,18-19H,3,12H2,1-2H3,(H,26,28)(H,29,30)(H,25,27,31)/t19-/m1/s1. The lowest BCUT2D eigenvalue weighted by Gasteiger charge is -2.14. The Bertz CT molecular complexity index is 1180. The summed E-state index contributed by atoms with van der Waals surface area (Å²) in [6.45, 7) is 3.45. The average Bonchev–Trinajstić information content (AvgIpc) is 3.33. The first kappa shape index (κ1) is 22.5. The lowest BCUT2D eigenvalue weighted by Crippen LogP contribution is -2.40. The first-order valence-corrected chi connectivity index (χ1v) is 11.3. The molecule has 1 aliphatic rings. The van der Waals surface area contributed by atoms with E-state index in [-0.39, 0.29) is 29.0 Å². The molecule has 4 rings (SSSR count). The van der Waals surface area contributed by atoms with E-state index in [2.05, 4.69) is 27.8 Å². The van der Waals surface area contributed by atoms with Gasteiger partial charge in [-0.05, 0) is 35.6 Å². The number of benzene rings is 2. The molecule has 1 aromatic heterocycles. The van der Waals surface area contributed by atoms with Crippen molar-refractivity contribution < 1.29 is 24.2 Å². The van der Waals surface area contributed by atoms with Gasteiger partial charge < -0.3 is 15.2 Å². The smallest absolute Gasteiger partial charge is 0.413 e. The van der Waals surface area contributed by atoms with Gasteiger partial charge in [-0.25, -0.2) is 14.6 Å². The zero-order valence-electron chi connectivity index (χ0n) is 18.1. The zero-order valence-corrected chi connectivity index (χ0v) is 18.9. The topological polar surface area (TPSA) is 118 Å². The second-order valence-electron chi connectivity index (χ2n) is 7.66. The predicted octanol–water partition coefficient (Wildman–Crippen LogP) is 4.41. The third kappa shape index (κ3) is 4.58. The quantitative estimate of drug-likeness (QED) is 0.476. The van der Waals surface area contributed by atoms with E-state index in [4.69, 9.17) is 9.84 Å². The molecule has 0 bridgehead atoms. The normalized spacial score (nSPS) is 13.0. The molecule has 2 amide bonds. The number of rotatable bonds is 7. The number of hydrogen-bond acceptors (Lipinski definition) is 6. The van der Waals surface area contributed by atoms with E-state index in [1.807, 2.05) is 36.4 Å². The van der Waals surface area contributed by atoms with Crippen LogP contribution in [-0.2, 0) is 9.53 Å². The van der Waals surface area contributed by atoms with E-state index >= 15 is 0 Å². The van der Waals surface area contributed by atoms with Crippen LogP contribution in [0.1, 0.15) is 45.8 Å². The molecule has 0 radical (unpaired) electrons. The van der Waals surface area contributed by atoms with Crippen LogP contribution in [0, 0.1) is 6.92 Å². The molecule has 3 aromatic rings. The molecule has 170 valence electrons. The number of carbonyl (C=O) groups is 3. The van der Waals surface area contributed by atoms with Crippen LogP contribution in [0.15, 0.2) is 48.5 Å². The number of thiazole rings is 1. The molecular formula is C24H23N3O5S. The summed E-state index contributed by atoms with van der Waals surface area (Å²) in [4.78, 5) is 40.5. The minimum Gasteiger partial charge on any atom is -0.480 e. The van der Waals surface area contributed by atoms with Gasteiger partial charge >= 0.3 is 12.1 Å². The number of carbonyl (C=O) groups excluding carboxylic acids is 2. The first-order chi connectivity index (χ1) is 15.9. The van der Waals surface area contributed by atoms with Crippen LogP contribution >= 0.6 is 11.3 Å². The number of carboxylic acid groups (broad SMARTS) is 1. The van der Waals surface area contributed by atoms with Gasteiger partial charge in [0.1, 0.15) is 17.5 Å². The molecule has 9 heteroatoms. The Morgan fingerprint density at radius 1 is 1.09 bits per heavy atom. The van der Waals surface area contributed by atoms with Crippen molar-refractivity contribution in [2.24, 2.45) is 0 Å². The Balaban J connectivity index is 1.41. The Hall–Kier alpha value is -3.72. The number of aliphatic carboxylic acids is 1. The van der Waals surface area contributed by atoms with Crippen LogP contribution < -0.4 is 10.6 Å². The van der Waals surface area contributed by atoms with E-state index in [1.165, 1.54) is 0 Å². The van der Waals surface area contributed by atoms with E-state index in [0.29, 0.717) is 5.69 Å². The zero-order chi connectivity index (χ0) is 23.5. The number of carboxylic acids is 1. The van der Waals surface area contributed by atoms with Crippen LogP contribution in [-0.4, -0.2) is 40.7 Å². The third-order valence-electron chi connectivity index (χ3n) is 5.57. The van der Waals surface area contributed by atoms with Gasteiger partial charge in [0.2, 0.25) is 0 Å². The highest BCUT2D eigenvalue weighted by atomic mass is 32.1. The van der Waals surface area contributed by atoms with Crippen molar-refractivity contribution in [3.8, 4) is 11.1 Å². The van der Waals surface area contributed by atoms with Crippen molar-refractivity contribution in [2.45, 2.75) is 32.2 Å². The number of nitrogens with one attached hydrogen (secondary N) is 2. The number of fused-ring (bicyclic) bond motifs is 3. The van der Waals surface area contributed by atoms with E-state index in [9.17, 15) is 14.4 Å². The minimum absolute atomic E-state index is 0.0653. The van der Waals surface area contributed by atoms with Gasteiger partial charge in [-0.1, -0.05) is 66.8 Å². The Morgan fingerprint density at radius 2 is 1.70 bits per heavy atom. The fourth-order valence-corrected chi connectivity index (χ4v) is 4.80. The maximum absolute atomic E-state index is 12.5.